The molecule has 29 heavy (non-hydrogen) atoms. The predicted octanol–water partition coefficient (Wildman–Crippen LogP) is 3.83. The van der Waals surface area contributed by atoms with Gasteiger partial charge in [-0.1, -0.05) is 11.6 Å². The van der Waals surface area contributed by atoms with E-state index in [1.54, 1.807) is 29.7 Å². The second-order valence-electron chi connectivity index (χ2n) is 6.96. The van der Waals surface area contributed by atoms with Crippen molar-refractivity contribution in [2.24, 2.45) is 0 Å². The minimum absolute atomic E-state index is 0.101. The van der Waals surface area contributed by atoms with Crippen LogP contribution in [0, 0.1) is 6.92 Å². The van der Waals surface area contributed by atoms with Crippen LogP contribution in [0.5, 0.6) is 0 Å². The molecule has 4 aromatic rings. The quantitative estimate of drug-likeness (QED) is 0.526. The van der Waals surface area contributed by atoms with Gasteiger partial charge in [-0.25, -0.2) is 4.98 Å². The molecule has 0 aliphatic carbocycles. The monoisotopic (exact) mass is 408 g/mol. The molecule has 6 nitrogen and oxygen atoms in total. The Hall–Kier alpha value is -3.12. The first-order valence-electron chi connectivity index (χ1n) is 9.53. The number of amides is 1. The Balaban J connectivity index is 1.51. The van der Waals surface area contributed by atoms with E-state index in [-0.39, 0.29) is 11.5 Å². The van der Waals surface area contributed by atoms with Crippen molar-refractivity contribution in [1.29, 1.82) is 0 Å². The molecule has 2 N–H and O–H groups in total. The van der Waals surface area contributed by atoms with Crippen molar-refractivity contribution in [3.63, 3.8) is 0 Å². The van der Waals surface area contributed by atoms with Gasteiger partial charge in [0.05, 0.1) is 11.0 Å². The van der Waals surface area contributed by atoms with Crippen LogP contribution < -0.4 is 10.9 Å². The van der Waals surface area contributed by atoms with Crippen LogP contribution in [0.2, 0.25) is 5.02 Å². The molecule has 2 aromatic carbocycles. The van der Waals surface area contributed by atoms with Crippen molar-refractivity contribution >= 4 is 39.4 Å². The van der Waals surface area contributed by atoms with Crippen LogP contribution in [-0.4, -0.2) is 27.0 Å². The lowest BCUT2D eigenvalue weighted by Gasteiger charge is -2.10. The zero-order chi connectivity index (χ0) is 20.5. The SMILES string of the molecule is CCn1c(=O)c(C)nc2cc(C(=O)NCCc3c[nH]c4ccc(Cl)cc34)ccc21. The highest BCUT2D eigenvalue weighted by Crippen LogP contribution is 2.22. The van der Waals surface area contributed by atoms with Crippen LogP contribution in [0.25, 0.3) is 21.9 Å². The highest BCUT2D eigenvalue weighted by Gasteiger charge is 2.11. The lowest BCUT2D eigenvalue weighted by molar-refractivity contribution is 0.0954. The third-order valence-electron chi connectivity index (χ3n) is 5.10. The molecule has 0 spiro atoms. The van der Waals surface area contributed by atoms with Crippen LogP contribution in [0.3, 0.4) is 0 Å². The Morgan fingerprint density at radius 2 is 2.07 bits per heavy atom. The number of nitrogens with zero attached hydrogens (tertiary/aromatic N) is 2. The molecule has 0 bridgehead atoms. The zero-order valence-corrected chi connectivity index (χ0v) is 17.0. The fourth-order valence-corrected chi connectivity index (χ4v) is 3.77. The van der Waals surface area contributed by atoms with Gasteiger partial charge in [0, 0.05) is 40.8 Å². The minimum Gasteiger partial charge on any atom is -0.361 e. The fraction of sp³-hybridized carbons (Fsp3) is 0.227. The average molecular weight is 409 g/mol. The molecular formula is C22H21ClN4O2. The van der Waals surface area contributed by atoms with Gasteiger partial charge in [0.1, 0.15) is 5.69 Å². The lowest BCUT2D eigenvalue weighted by atomic mass is 10.1. The molecule has 4 rings (SSSR count). The number of aromatic amines is 1. The maximum atomic E-state index is 12.6. The topological polar surface area (TPSA) is 79.8 Å². The number of halogens is 1. The van der Waals surface area contributed by atoms with Crippen LogP contribution in [0.4, 0.5) is 0 Å². The molecule has 0 aliphatic heterocycles. The number of H-pyrrole nitrogens is 1. The third kappa shape index (κ3) is 3.63. The van der Waals surface area contributed by atoms with E-state index in [0.29, 0.717) is 41.3 Å². The summed E-state index contributed by atoms with van der Waals surface area (Å²) >= 11 is 6.09. The summed E-state index contributed by atoms with van der Waals surface area (Å²) in [7, 11) is 0. The average Bonchev–Trinajstić information content (AvgIpc) is 3.10. The number of hydrogen-bond donors (Lipinski definition) is 2. The van der Waals surface area contributed by atoms with Crippen LogP contribution in [0.1, 0.15) is 28.5 Å². The van der Waals surface area contributed by atoms with E-state index in [0.717, 1.165) is 22.0 Å². The van der Waals surface area contributed by atoms with E-state index in [2.05, 4.69) is 15.3 Å². The molecule has 148 valence electrons. The number of carbonyl (C=O) groups excluding carboxylic acids is 1. The molecule has 7 heteroatoms. The normalized spacial score (nSPS) is 11.3. The molecule has 0 fully saturated rings. The minimum atomic E-state index is -0.168. The van der Waals surface area contributed by atoms with Gasteiger partial charge >= 0.3 is 0 Å². The summed E-state index contributed by atoms with van der Waals surface area (Å²) in [6.07, 6.45) is 2.63. The summed E-state index contributed by atoms with van der Waals surface area (Å²) < 4.78 is 1.67. The van der Waals surface area contributed by atoms with E-state index in [4.69, 9.17) is 11.6 Å². The van der Waals surface area contributed by atoms with E-state index < -0.39 is 0 Å². The van der Waals surface area contributed by atoms with Gasteiger partial charge in [-0.15, -0.1) is 0 Å². The number of aryl methyl sites for hydroxylation is 2. The van der Waals surface area contributed by atoms with Gasteiger partial charge in [0.2, 0.25) is 0 Å². The van der Waals surface area contributed by atoms with E-state index in [1.807, 2.05) is 31.3 Å². The number of benzene rings is 2. The largest absolute Gasteiger partial charge is 0.361 e. The number of nitrogens with one attached hydrogen (secondary N) is 2. The second-order valence-corrected chi connectivity index (χ2v) is 7.40. The first kappa shape index (κ1) is 19.2. The summed E-state index contributed by atoms with van der Waals surface area (Å²) in [5.41, 5.74) is 4.34. The molecule has 2 aromatic heterocycles. The van der Waals surface area contributed by atoms with Gasteiger partial charge in [0.25, 0.3) is 11.5 Å². The van der Waals surface area contributed by atoms with E-state index in [9.17, 15) is 9.59 Å². The van der Waals surface area contributed by atoms with Gasteiger partial charge < -0.3 is 14.9 Å². The van der Waals surface area contributed by atoms with Crippen molar-refractivity contribution in [3.05, 3.63) is 74.8 Å². The Morgan fingerprint density at radius 1 is 1.24 bits per heavy atom. The molecule has 0 saturated heterocycles. The molecule has 2 heterocycles. The molecule has 0 unspecified atom stereocenters. The van der Waals surface area contributed by atoms with Gasteiger partial charge in [-0.2, -0.15) is 0 Å². The number of carbonyl (C=O) groups is 1. The smallest absolute Gasteiger partial charge is 0.272 e. The van der Waals surface area contributed by atoms with E-state index >= 15 is 0 Å². The Morgan fingerprint density at radius 3 is 2.86 bits per heavy atom. The zero-order valence-electron chi connectivity index (χ0n) is 16.3. The lowest BCUT2D eigenvalue weighted by Crippen LogP contribution is -2.26. The number of fused-ring (bicyclic) bond motifs is 2. The first-order chi connectivity index (χ1) is 14.0. The molecule has 0 atom stereocenters. The van der Waals surface area contributed by atoms with Gasteiger partial charge in [-0.05, 0) is 62.2 Å². The highest BCUT2D eigenvalue weighted by molar-refractivity contribution is 6.31. The van der Waals surface area contributed by atoms with Crippen LogP contribution in [0.15, 0.2) is 47.4 Å². The molecular weight excluding hydrogens is 388 g/mol. The maximum Gasteiger partial charge on any atom is 0.272 e. The molecule has 0 saturated carbocycles. The summed E-state index contributed by atoms with van der Waals surface area (Å²) in [5, 5.41) is 4.71. The first-order valence-corrected chi connectivity index (χ1v) is 9.90. The van der Waals surface area contributed by atoms with Crippen molar-refractivity contribution in [2.75, 3.05) is 6.54 Å². The van der Waals surface area contributed by atoms with Crippen LogP contribution in [-0.2, 0) is 13.0 Å². The van der Waals surface area contributed by atoms with Crippen molar-refractivity contribution in [3.8, 4) is 0 Å². The fourth-order valence-electron chi connectivity index (χ4n) is 3.60. The standard InChI is InChI=1S/C22H21ClN4O2/c1-3-27-20-7-4-14(10-19(20)26-13(2)22(27)29)21(28)24-9-8-15-12-25-18-6-5-16(23)11-17(15)18/h4-7,10-12,25H,3,8-9H2,1-2H3,(H,24,28). The van der Waals surface area contributed by atoms with Gasteiger partial charge in [-0.3, -0.25) is 9.59 Å². The summed E-state index contributed by atoms with van der Waals surface area (Å²) in [4.78, 5) is 32.4. The Labute approximate surface area is 172 Å². The number of aromatic nitrogens is 3. The Kier molecular flexibility index (Phi) is 5.11. The summed E-state index contributed by atoms with van der Waals surface area (Å²) in [6.45, 7) is 4.66. The predicted molar refractivity (Wildman–Crippen MR) is 116 cm³/mol. The summed E-state index contributed by atoms with van der Waals surface area (Å²) in [5.74, 6) is -0.168. The van der Waals surface area contributed by atoms with Crippen molar-refractivity contribution < 1.29 is 4.79 Å². The maximum absolute atomic E-state index is 12.6. The number of rotatable bonds is 5. The van der Waals surface area contributed by atoms with E-state index in [1.165, 1.54) is 0 Å². The number of hydrogen-bond acceptors (Lipinski definition) is 3. The highest BCUT2D eigenvalue weighted by atomic mass is 35.5. The second kappa shape index (κ2) is 7.72. The third-order valence-corrected chi connectivity index (χ3v) is 5.33. The van der Waals surface area contributed by atoms with Crippen molar-refractivity contribution in [2.45, 2.75) is 26.8 Å². The summed E-state index contributed by atoms with van der Waals surface area (Å²) in [6, 6.07) is 11.0. The van der Waals surface area contributed by atoms with Crippen LogP contribution >= 0.6 is 11.6 Å². The molecule has 1 amide bonds. The van der Waals surface area contributed by atoms with Gasteiger partial charge in [0.15, 0.2) is 0 Å². The molecule has 0 aliphatic rings. The van der Waals surface area contributed by atoms with Crippen molar-refractivity contribution in [1.82, 2.24) is 19.9 Å². The molecule has 0 radical (unpaired) electrons. The Bertz CT molecular complexity index is 1290.